The van der Waals surface area contributed by atoms with Gasteiger partial charge in [-0.15, -0.1) is 13.2 Å². The van der Waals surface area contributed by atoms with Crippen LogP contribution in [0.5, 0.6) is 5.75 Å². The first-order chi connectivity index (χ1) is 21.9. The van der Waals surface area contributed by atoms with Crippen LogP contribution in [0.4, 0.5) is 5.69 Å². The standard InChI is InChI=1S/C34H46BrN3O8/c1-7-9-10-26(40)36-18-21(5)45-33(43)27-28-31(41)38(23(19-39)16-20(3)4)30(34(28)17-25(35)29(27)46-34)32(42)37(15-8-2)22-11-13-24(44-6)14-12-22/h7-8,11-14,20-21,23,25,27-30,39H,1-2,9-10,15-19H2,3-6H3,(H,36,40)/t21-,23+,25?,27-,28+,29-,30-,34+/m0/s1. The lowest BCUT2D eigenvalue weighted by molar-refractivity contribution is -0.159. The fraction of sp³-hybridized carbons (Fsp3) is 0.588. The van der Waals surface area contributed by atoms with E-state index in [-0.39, 0.29) is 42.8 Å². The molecule has 3 heterocycles. The third-order valence-corrected chi connectivity index (χ3v) is 9.87. The van der Waals surface area contributed by atoms with Crippen molar-refractivity contribution in [3.8, 4) is 5.75 Å². The van der Waals surface area contributed by atoms with Crippen LogP contribution in [-0.2, 0) is 28.7 Å². The number of alkyl halides is 1. The lowest BCUT2D eigenvalue weighted by atomic mass is 9.70. The number of fused-ring (bicyclic) bond motifs is 1. The van der Waals surface area contributed by atoms with E-state index in [1.54, 1.807) is 55.4 Å². The molecule has 2 N–H and O–H groups in total. The van der Waals surface area contributed by atoms with Gasteiger partial charge in [-0.1, -0.05) is 41.9 Å². The molecular formula is C34H46BrN3O8. The molecule has 3 amide bonds. The van der Waals surface area contributed by atoms with Crippen LogP contribution in [0.1, 0.15) is 46.5 Å². The molecule has 1 aromatic rings. The van der Waals surface area contributed by atoms with Crippen molar-refractivity contribution in [2.24, 2.45) is 17.8 Å². The second kappa shape index (κ2) is 15.1. The number of carbonyl (C=O) groups excluding carboxylic acids is 4. The number of aliphatic hydroxyl groups excluding tert-OH is 1. The van der Waals surface area contributed by atoms with Crippen LogP contribution in [-0.4, -0.2) is 95.2 Å². The highest BCUT2D eigenvalue weighted by Crippen LogP contribution is 2.61. The Morgan fingerprint density at radius 1 is 1.22 bits per heavy atom. The van der Waals surface area contributed by atoms with Crippen molar-refractivity contribution >= 4 is 45.3 Å². The van der Waals surface area contributed by atoms with E-state index in [0.717, 1.165) is 0 Å². The Hall–Kier alpha value is -3.22. The van der Waals surface area contributed by atoms with Crippen LogP contribution in [0.15, 0.2) is 49.6 Å². The quantitative estimate of drug-likeness (QED) is 0.152. The molecule has 3 aliphatic rings. The van der Waals surface area contributed by atoms with Crippen LogP contribution < -0.4 is 15.0 Å². The average Bonchev–Trinajstić information content (AvgIpc) is 3.63. The van der Waals surface area contributed by atoms with Gasteiger partial charge in [-0.2, -0.15) is 0 Å². The van der Waals surface area contributed by atoms with Crippen LogP contribution in [0.3, 0.4) is 0 Å². The minimum Gasteiger partial charge on any atom is -0.497 e. The number of likely N-dealkylation sites (tertiary alicyclic amines) is 1. The van der Waals surface area contributed by atoms with Crippen molar-refractivity contribution in [1.82, 2.24) is 10.2 Å². The summed E-state index contributed by atoms with van der Waals surface area (Å²) >= 11 is 3.68. The Labute approximate surface area is 279 Å². The van der Waals surface area contributed by atoms with Gasteiger partial charge in [0.1, 0.15) is 23.5 Å². The Morgan fingerprint density at radius 3 is 2.50 bits per heavy atom. The van der Waals surface area contributed by atoms with Crippen LogP contribution in [0, 0.1) is 17.8 Å². The van der Waals surface area contributed by atoms with E-state index in [4.69, 9.17) is 14.2 Å². The molecular weight excluding hydrogens is 658 g/mol. The molecule has 3 saturated heterocycles. The number of nitrogens with zero attached hydrogens (tertiary/aromatic N) is 2. The number of anilines is 1. The van der Waals surface area contributed by atoms with E-state index in [0.29, 0.717) is 30.7 Å². The molecule has 0 aromatic heterocycles. The summed E-state index contributed by atoms with van der Waals surface area (Å²) in [5, 5.41) is 13.3. The maximum Gasteiger partial charge on any atom is 0.312 e. The number of allylic oxidation sites excluding steroid dienone is 1. The Balaban J connectivity index is 1.70. The second-order valence-electron chi connectivity index (χ2n) is 12.7. The molecule has 4 rings (SSSR count). The summed E-state index contributed by atoms with van der Waals surface area (Å²) in [5.74, 6) is -2.88. The Morgan fingerprint density at radius 2 is 1.91 bits per heavy atom. The van der Waals surface area contributed by atoms with Crippen molar-refractivity contribution in [2.45, 2.75) is 81.2 Å². The number of nitrogens with one attached hydrogen (secondary N) is 1. The number of hydrogen-bond donors (Lipinski definition) is 2. The monoisotopic (exact) mass is 703 g/mol. The van der Waals surface area contributed by atoms with Gasteiger partial charge in [0.2, 0.25) is 11.8 Å². The zero-order valence-corrected chi connectivity index (χ0v) is 28.6. The van der Waals surface area contributed by atoms with Gasteiger partial charge in [0.05, 0.1) is 44.2 Å². The molecule has 1 spiro atoms. The van der Waals surface area contributed by atoms with Gasteiger partial charge in [-0.05, 0) is 56.4 Å². The lowest BCUT2D eigenvalue weighted by Crippen LogP contribution is -2.59. The first-order valence-corrected chi connectivity index (χ1v) is 16.7. The van der Waals surface area contributed by atoms with E-state index in [9.17, 15) is 24.3 Å². The second-order valence-corrected chi connectivity index (χ2v) is 13.9. The summed E-state index contributed by atoms with van der Waals surface area (Å²) in [6.07, 6.45) is 3.44. The Kier molecular flexibility index (Phi) is 11.7. The van der Waals surface area contributed by atoms with E-state index < -0.39 is 59.5 Å². The number of carbonyl (C=O) groups is 4. The van der Waals surface area contributed by atoms with Crippen molar-refractivity contribution in [3.63, 3.8) is 0 Å². The maximum absolute atomic E-state index is 14.8. The van der Waals surface area contributed by atoms with Crippen LogP contribution >= 0.6 is 15.9 Å². The highest BCUT2D eigenvalue weighted by atomic mass is 79.9. The first kappa shape index (κ1) is 35.6. The third kappa shape index (κ3) is 6.89. The number of esters is 1. The number of methoxy groups -OCH3 is 1. The number of hydrogen-bond acceptors (Lipinski definition) is 8. The molecule has 12 heteroatoms. The van der Waals surface area contributed by atoms with Gasteiger partial charge in [0.25, 0.3) is 5.91 Å². The van der Waals surface area contributed by atoms with E-state index >= 15 is 0 Å². The summed E-state index contributed by atoms with van der Waals surface area (Å²) in [7, 11) is 1.56. The number of rotatable bonds is 16. The van der Waals surface area contributed by atoms with Crippen LogP contribution in [0.2, 0.25) is 0 Å². The van der Waals surface area contributed by atoms with E-state index in [1.165, 1.54) is 4.90 Å². The fourth-order valence-corrected chi connectivity index (χ4v) is 8.03. The predicted octanol–water partition coefficient (Wildman–Crippen LogP) is 3.38. The van der Waals surface area contributed by atoms with Crippen molar-refractivity contribution < 1.29 is 38.5 Å². The minimum absolute atomic E-state index is 0.105. The first-order valence-electron chi connectivity index (χ1n) is 15.8. The number of amides is 3. The maximum atomic E-state index is 14.8. The largest absolute Gasteiger partial charge is 0.497 e. The molecule has 8 atom stereocenters. The molecule has 1 aromatic carbocycles. The number of halogens is 1. The zero-order valence-electron chi connectivity index (χ0n) is 27.0. The molecule has 1 unspecified atom stereocenters. The molecule has 252 valence electrons. The zero-order chi connectivity index (χ0) is 33.8. The summed E-state index contributed by atoms with van der Waals surface area (Å²) in [4.78, 5) is 57.9. The van der Waals surface area contributed by atoms with Crippen molar-refractivity contribution in [3.05, 3.63) is 49.6 Å². The number of benzene rings is 1. The number of ether oxygens (including phenoxy) is 3. The molecule has 3 fully saturated rings. The highest BCUT2D eigenvalue weighted by Gasteiger charge is 2.77. The summed E-state index contributed by atoms with van der Waals surface area (Å²) in [5.41, 5.74) is -0.764. The normalized spacial score (nSPS) is 27.6. The summed E-state index contributed by atoms with van der Waals surface area (Å²) in [6.45, 7) is 13.0. The SMILES string of the molecule is C=CCCC(=O)NC[C@H](C)OC(=O)[C@@H]1[C@H]2O[C@@]3(CC2Br)[C@H](C(=O)N(CC=C)c2ccc(OC)cc2)N([C@@H](CO)CC(C)C)C(=O)[C@@H]13. The fourth-order valence-electron chi connectivity index (χ4n) is 7.09. The molecule has 0 saturated carbocycles. The van der Waals surface area contributed by atoms with Gasteiger partial charge >= 0.3 is 5.97 Å². The smallest absolute Gasteiger partial charge is 0.312 e. The van der Waals surface area contributed by atoms with Crippen LogP contribution in [0.25, 0.3) is 0 Å². The summed E-state index contributed by atoms with van der Waals surface area (Å²) in [6, 6.07) is 5.20. The van der Waals surface area contributed by atoms with Gasteiger partial charge in [0.15, 0.2) is 0 Å². The number of aliphatic hydroxyl groups is 1. The highest BCUT2D eigenvalue weighted by molar-refractivity contribution is 9.09. The van der Waals surface area contributed by atoms with Gasteiger partial charge in [-0.3, -0.25) is 19.2 Å². The van der Waals surface area contributed by atoms with Gasteiger partial charge in [0, 0.05) is 23.5 Å². The molecule has 0 aliphatic carbocycles. The van der Waals surface area contributed by atoms with Gasteiger partial charge in [-0.25, -0.2) is 0 Å². The van der Waals surface area contributed by atoms with Crippen molar-refractivity contribution in [1.29, 1.82) is 0 Å². The molecule has 3 aliphatic heterocycles. The molecule has 11 nitrogen and oxygen atoms in total. The lowest BCUT2D eigenvalue weighted by Gasteiger charge is -2.39. The molecule has 0 radical (unpaired) electrons. The third-order valence-electron chi connectivity index (χ3n) is 9.02. The topological polar surface area (TPSA) is 135 Å². The minimum atomic E-state index is -1.34. The average molecular weight is 705 g/mol. The van der Waals surface area contributed by atoms with Gasteiger partial charge < -0.3 is 34.4 Å². The molecule has 2 bridgehead atoms. The van der Waals surface area contributed by atoms with Crippen molar-refractivity contribution in [2.75, 3.05) is 31.7 Å². The predicted molar refractivity (Wildman–Crippen MR) is 176 cm³/mol. The summed E-state index contributed by atoms with van der Waals surface area (Å²) < 4.78 is 17.7. The van der Waals surface area contributed by atoms with E-state index in [2.05, 4.69) is 34.4 Å². The van der Waals surface area contributed by atoms with E-state index in [1.807, 2.05) is 13.8 Å². The molecule has 46 heavy (non-hydrogen) atoms. The Bertz CT molecular complexity index is 1310.